The first-order chi connectivity index (χ1) is 67.2. The molecule has 25 heteroatoms. The summed E-state index contributed by atoms with van der Waals surface area (Å²) in [6, 6.07) is 115. The Labute approximate surface area is 837 Å². The highest BCUT2D eigenvalue weighted by atomic mass is 35.5. The monoisotopic (exact) mass is 1950 g/mol. The lowest BCUT2D eigenvalue weighted by atomic mass is 9.99. The van der Waals surface area contributed by atoms with Gasteiger partial charge in [-0.05, 0) is 253 Å². The number of para-hydroxylation sites is 15. The summed E-state index contributed by atoms with van der Waals surface area (Å²) in [5, 5.41) is 23.6. The second kappa shape index (κ2) is 51.7. The van der Waals surface area contributed by atoms with Gasteiger partial charge in [0.2, 0.25) is 29.5 Å². The lowest BCUT2D eigenvalue weighted by Crippen LogP contribution is -2.26. The van der Waals surface area contributed by atoms with Crippen LogP contribution in [0.15, 0.2) is 370 Å². The van der Waals surface area contributed by atoms with Crippen LogP contribution in [0.2, 0.25) is 25.1 Å². The number of amides is 4. The minimum atomic E-state index is -0.0962. The summed E-state index contributed by atoms with van der Waals surface area (Å²) in [4.78, 5) is 64.2. The number of nitrogens with zero attached hydrogens (tertiary/aromatic N) is 4. The van der Waals surface area contributed by atoms with Crippen molar-refractivity contribution in [3.63, 3.8) is 0 Å². The normalized spacial score (nSPS) is 10.9. The molecule has 20 nitrogen and oxygen atoms in total. The molecule has 0 aliphatic rings. The molecule has 0 fully saturated rings. The van der Waals surface area contributed by atoms with Crippen molar-refractivity contribution < 1.29 is 47.7 Å². The van der Waals surface area contributed by atoms with Crippen LogP contribution in [0.25, 0.3) is 10.9 Å². The highest BCUT2D eigenvalue weighted by molar-refractivity contribution is 6.32. The fourth-order valence-corrected chi connectivity index (χ4v) is 15.6. The Hall–Kier alpha value is -15.2. The molecule has 16 rings (SSSR count). The maximum Gasteiger partial charge on any atom is 0.227 e. The van der Waals surface area contributed by atoms with Gasteiger partial charge in [-0.1, -0.05) is 223 Å². The van der Waals surface area contributed by atoms with Crippen molar-refractivity contribution in [2.24, 2.45) is 0 Å². The second-order valence-electron chi connectivity index (χ2n) is 32.3. The lowest BCUT2D eigenvalue weighted by molar-refractivity contribution is -0.116. The molecule has 16 aromatic rings. The summed E-state index contributed by atoms with van der Waals surface area (Å²) >= 11 is 29.7. The third-order valence-electron chi connectivity index (χ3n) is 21.7. The van der Waals surface area contributed by atoms with E-state index in [4.69, 9.17) is 81.7 Å². The number of hydrogen-bond acceptors (Lipinski definition) is 15. The summed E-state index contributed by atoms with van der Waals surface area (Å²) in [6.45, 7) is 13.7. The Morgan fingerprint density at radius 2 is 0.655 bits per heavy atom. The summed E-state index contributed by atoms with van der Waals surface area (Å²) in [5.74, 6) is 6.98. The number of carbonyl (C=O) groups excluding carboxylic acids is 5. The number of benzene rings is 15. The molecule has 0 aliphatic heterocycles. The van der Waals surface area contributed by atoms with E-state index in [1.54, 1.807) is 91.0 Å². The van der Waals surface area contributed by atoms with Crippen LogP contribution in [-0.4, -0.2) is 55.2 Å². The molecule has 0 spiro atoms. The summed E-state index contributed by atoms with van der Waals surface area (Å²) in [7, 11) is 5.79. The van der Waals surface area contributed by atoms with Crippen molar-refractivity contribution in [1.29, 1.82) is 0 Å². The number of anilines is 9. The second-order valence-corrected chi connectivity index (χ2v) is 34.4. The molecule has 139 heavy (non-hydrogen) atoms. The largest absolute Gasteiger partial charge is 0.455 e. The fraction of sp³-hybridized carbons (Fsp3) is 0.149. The van der Waals surface area contributed by atoms with Crippen LogP contribution in [-0.2, 0) is 38.8 Å². The van der Waals surface area contributed by atoms with E-state index in [0.717, 1.165) is 137 Å². The van der Waals surface area contributed by atoms with Gasteiger partial charge in [-0.25, -0.2) is 0 Å². The van der Waals surface area contributed by atoms with Crippen molar-refractivity contribution >= 4 is 150 Å². The molecule has 2 unspecified atom stereocenters. The smallest absolute Gasteiger partial charge is 0.227 e. The van der Waals surface area contributed by atoms with Gasteiger partial charge >= 0.3 is 0 Å². The number of hydrogen-bond donors (Lipinski definition) is 6. The summed E-state index contributed by atoms with van der Waals surface area (Å²) in [5.41, 5.74) is 13.9. The van der Waals surface area contributed by atoms with E-state index in [2.05, 4.69) is 48.6 Å². The fourth-order valence-electron chi connectivity index (χ4n) is 14.9. The Kier molecular flexibility index (Phi) is 38.2. The number of nitrogens with one attached hydrogen (secondary N) is 6. The number of rotatable bonds is 31. The molecule has 0 saturated heterocycles. The van der Waals surface area contributed by atoms with Crippen LogP contribution in [0.1, 0.15) is 106 Å². The van der Waals surface area contributed by atoms with Gasteiger partial charge in [-0.15, -0.1) is 0 Å². The molecule has 1 heterocycles. The van der Waals surface area contributed by atoms with Crippen LogP contribution in [0.4, 0.5) is 51.2 Å². The van der Waals surface area contributed by atoms with Gasteiger partial charge in [0.15, 0.2) is 28.7 Å². The van der Waals surface area contributed by atoms with Crippen molar-refractivity contribution in [2.45, 2.75) is 93.0 Å². The molecule has 0 aliphatic carbocycles. The minimum Gasteiger partial charge on any atom is -0.455 e. The molecule has 4 amide bonds. The van der Waals surface area contributed by atoms with Crippen LogP contribution in [0.5, 0.6) is 57.5 Å². The molecule has 0 saturated carbocycles. The van der Waals surface area contributed by atoms with Crippen LogP contribution in [0, 0.1) is 0 Å². The molecule has 6 N–H and O–H groups in total. The maximum absolute atomic E-state index is 11.9. The van der Waals surface area contributed by atoms with Crippen molar-refractivity contribution in [2.75, 3.05) is 67.7 Å². The summed E-state index contributed by atoms with van der Waals surface area (Å²) < 4.78 is 31.9. The number of carbonyl (C=O) groups is 5. The van der Waals surface area contributed by atoms with Gasteiger partial charge in [0.05, 0.1) is 46.0 Å². The van der Waals surface area contributed by atoms with Crippen molar-refractivity contribution in [3.05, 3.63) is 423 Å². The van der Waals surface area contributed by atoms with Gasteiger partial charge in [-0.2, -0.15) is 0 Å². The van der Waals surface area contributed by atoms with Gasteiger partial charge < -0.3 is 70.3 Å². The average molecular weight is 1960 g/mol. The SMILES string of the molecule is CC(=O)N(C)c1ccccc1CN(C)c1ccccc1Oc1ccc(Cl)cc1.CC(=O)Nc1ccccc1C(C)Nc1ccccc1Oc1ccc(Cl)cc1.CC(=O)Nc1ccccc1CN(C)c1ccccc1Oc1ccc(Cl)cc1.CC(=O)n1cc(CNc2ccccc2Oc2ccc(Cl)cc2)c2ccccc21.CCCC(Nc1ccccc1Oc1ccc(Cl)cc1)c1ccccc1NC(C)=O. The first-order valence-electron chi connectivity index (χ1n) is 45.0. The van der Waals surface area contributed by atoms with E-state index < -0.39 is 0 Å². The van der Waals surface area contributed by atoms with Crippen LogP contribution >= 0.6 is 58.0 Å². The highest BCUT2D eigenvalue weighted by Gasteiger charge is 2.22. The molecule has 0 bridgehead atoms. The molecule has 15 aromatic carbocycles. The predicted molar refractivity (Wildman–Crippen MR) is 571 cm³/mol. The zero-order chi connectivity index (χ0) is 98.7. The first kappa shape index (κ1) is 103. The zero-order valence-electron chi connectivity index (χ0n) is 78.7. The topological polar surface area (TPSA) is 218 Å². The average Bonchev–Trinajstić information content (AvgIpc) is 1.65. The number of aromatic nitrogens is 1. The Morgan fingerprint density at radius 3 is 1.09 bits per heavy atom. The zero-order valence-corrected chi connectivity index (χ0v) is 82.4. The number of ether oxygens (including phenoxy) is 5. The molecular weight excluding hydrogens is 1850 g/mol. The third kappa shape index (κ3) is 30.9. The van der Waals surface area contributed by atoms with E-state index in [-0.39, 0.29) is 41.6 Å². The number of halogens is 5. The van der Waals surface area contributed by atoms with Gasteiger partial charge in [0.25, 0.3) is 0 Å². The van der Waals surface area contributed by atoms with E-state index >= 15 is 0 Å². The highest BCUT2D eigenvalue weighted by Crippen LogP contribution is 2.41. The minimum absolute atomic E-state index is 0.00146. The van der Waals surface area contributed by atoms with Gasteiger partial charge in [-0.3, -0.25) is 28.5 Å². The van der Waals surface area contributed by atoms with Crippen LogP contribution in [0.3, 0.4) is 0 Å². The predicted octanol–water partition coefficient (Wildman–Crippen LogP) is 31.1. The first-order valence-corrected chi connectivity index (χ1v) is 46.9. The Morgan fingerprint density at radius 1 is 0.331 bits per heavy atom. The van der Waals surface area contributed by atoms with E-state index in [1.165, 1.54) is 20.8 Å². The van der Waals surface area contributed by atoms with Crippen LogP contribution < -0.4 is 70.3 Å². The van der Waals surface area contributed by atoms with Crippen molar-refractivity contribution in [3.8, 4) is 57.5 Å². The van der Waals surface area contributed by atoms with E-state index in [9.17, 15) is 24.0 Å². The quantitative estimate of drug-likeness (QED) is 0.0238. The van der Waals surface area contributed by atoms with E-state index in [0.29, 0.717) is 67.7 Å². The van der Waals surface area contributed by atoms with E-state index in [1.807, 2.05) is 331 Å². The molecule has 2 atom stereocenters. The van der Waals surface area contributed by atoms with Gasteiger partial charge in [0, 0.05) is 135 Å². The Bertz CT molecular complexity index is 6770. The molecule has 0 radical (unpaired) electrons. The molecular formula is C114H109Cl5N10O10. The summed E-state index contributed by atoms with van der Waals surface area (Å²) in [6.07, 6.45) is 3.79. The molecule has 710 valence electrons. The number of fused-ring (bicyclic) bond motifs is 1. The van der Waals surface area contributed by atoms with Crippen molar-refractivity contribution in [1.82, 2.24) is 4.57 Å². The Balaban J connectivity index is 0.000000156. The maximum atomic E-state index is 11.9. The molecule has 1 aromatic heterocycles. The van der Waals surface area contributed by atoms with Gasteiger partial charge in [0.1, 0.15) is 28.7 Å². The lowest BCUT2D eigenvalue weighted by Gasteiger charge is -2.25. The standard InChI is InChI=1S/C24H25ClN2O2.C23H19ClN2O2.C23H23ClN2O2.2C22H21ClN2O2/c1-3-8-21(20-9-4-5-10-22(20)26-17(2)28)27-23-11-6-7-12-24(23)29-19-15-13-18(25)14-16-19;1-16(27)26-15-17(20-6-2-4-8-22(20)26)14-25-21-7-3-5-9-23(21)28-19-12-10-18(24)11-13-19;1-17(27)26(3)21-9-5-4-8-18(21)16-25(2)22-10-6-7-11-23(22)28-20-14-12-19(24)13-15-20;1-16(26)24-20-8-4-3-7-17(20)15-25(2)21-9-5-6-10-22(21)27-19-13-11-18(23)12-14-19;1-15(19-7-3-4-8-20(19)25-16(2)26)24-21-9-5-6-10-22(21)27-18-13-11-17(23)12-14-18/h4-7,9-16,21,27H,3,8H2,1-2H3,(H,26,28);2-13,15,25H,14H2,1H3;4-15H,16H2,1-3H3;3-14H,15H2,1-2H3,(H,24,26);3-15,24H,1-2H3,(H,25,26). The third-order valence-corrected chi connectivity index (χ3v) is 22.9.